The predicted molar refractivity (Wildman–Crippen MR) is 112 cm³/mol. The second-order valence-corrected chi connectivity index (χ2v) is 6.74. The lowest BCUT2D eigenvalue weighted by Gasteiger charge is -2.33. The van der Waals surface area contributed by atoms with Crippen LogP contribution in [0.25, 0.3) is 11.3 Å². The molecule has 7 heteroatoms. The van der Waals surface area contributed by atoms with Gasteiger partial charge in [-0.25, -0.2) is 4.98 Å². The maximum absolute atomic E-state index is 11.0. The van der Waals surface area contributed by atoms with Crippen molar-refractivity contribution in [1.29, 1.82) is 5.26 Å². The number of benzene rings is 2. The summed E-state index contributed by atoms with van der Waals surface area (Å²) in [5, 5.41) is 12.2. The van der Waals surface area contributed by atoms with Gasteiger partial charge in [0.05, 0.1) is 17.3 Å². The van der Waals surface area contributed by atoms with E-state index in [0.717, 1.165) is 42.3 Å². The van der Waals surface area contributed by atoms with Crippen LogP contribution in [0.15, 0.2) is 60.7 Å². The molecule has 2 heterocycles. The summed E-state index contributed by atoms with van der Waals surface area (Å²) in [6.07, 6.45) is 0.893. The van der Waals surface area contributed by atoms with Crippen LogP contribution in [0.4, 0.5) is 17.5 Å². The normalized spacial score (nSPS) is 13.6. The average molecular weight is 384 g/mol. The Balaban J connectivity index is 1.66. The van der Waals surface area contributed by atoms with Gasteiger partial charge in [-0.1, -0.05) is 30.3 Å². The molecule has 1 N–H and O–H groups in total. The zero-order chi connectivity index (χ0) is 20.1. The molecule has 4 rings (SSSR count). The lowest BCUT2D eigenvalue weighted by Crippen LogP contribution is -2.46. The molecule has 7 nitrogen and oxygen atoms in total. The standard InChI is InChI=1S/C22H20N6O/c23-15-17-6-8-19(9-7-17)24-22-25-20(18-4-2-1-3-5-18)14-21(26-22)28-12-10-27(16-29)11-13-28/h1-9,14,16H,10-13H2,(H,24,25,26). The van der Waals surface area contributed by atoms with Crippen molar-refractivity contribution in [2.45, 2.75) is 0 Å². The van der Waals surface area contributed by atoms with Crippen molar-refractivity contribution in [3.8, 4) is 17.3 Å². The number of nitrogens with zero attached hydrogens (tertiary/aromatic N) is 5. The van der Waals surface area contributed by atoms with Gasteiger partial charge in [0.15, 0.2) is 0 Å². The quantitative estimate of drug-likeness (QED) is 0.681. The third-order valence-electron chi connectivity index (χ3n) is 4.84. The molecular formula is C22H20N6O. The van der Waals surface area contributed by atoms with Crippen molar-refractivity contribution in [3.05, 3.63) is 66.2 Å². The van der Waals surface area contributed by atoms with Crippen molar-refractivity contribution < 1.29 is 4.79 Å². The summed E-state index contributed by atoms with van der Waals surface area (Å²) >= 11 is 0. The molecule has 0 atom stereocenters. The summed E-state index contributed by atoms with van der Waals surface area (Å²) in [4.78, 5) is 24.3. The molecule has 1 aliphatic rings. The number of carbonyl (C=O) groups is 1. The molecule has 1 aromatic heterocycles. The minimum atomic E-state index is 0.490. The third kappa shape index (κ3) is 4.33. The van der Waals surface area contributed by atoms with Gasteiger partial charge < -0.3 is 15.1 Å². The van der Waals surface area contributed by atoms with Crippen LogP contribution in [-0.4, -0.2) is 47.5 Å². The molecule has 1 saturated heterocycles. The molecule has 0 unspecified atom stereocenters. The number of amides is 1. The zero-order valence-corrected chi connectivity index (χ0v) is 15.8. The average Bonchev–Trinajstić information content (AvgIpc) is 2.80. The molecule has 2 aromatic carbocycles. The first-order chi connectivity index (χ1) is 14.2. The van der Waals surface area contributed by atoms with E-state index in [2.05, 4.69) is 21.3 Å². The second-order valence-electron chi connectivity index (χ2n) is 6.74. The van der Waals surface area contributed by atoms with Gasteiger partial charge in [-0.3, -0.25) is 4.79 Å². The summed E-state index contributed by atoms with van der Waals surface area (Å²) in [5.41, 5.74) is 3.24. The van der Waals surface area contributed by atoms with Crippen molar-refractivity contribution in [2.24, 2.45) is 0 Å². The highest BCUT2D eigenvalue weighted by Crippen LogP contribution is 2.25. The Kier molecular flexibility index (Phi) is 5.34. The highest BCUT2D eigenvalue weighted by atomic mass is 16.1. The van der Waals surface area contributed by atoms with Crippen molar-refractivity contribution in [2.75, 3.05) is 36.4 Å². The molecule has 3 aromatic rings. The van der Waals surface area contributed by atoms with Gasteiger partial charge in [0.1, 0.15) is 5.82 Å². The first-order valence-electron chi connectivity index (χ1n) is 9.41. The van der Waals surface area contributed by atoms with Crippen LogP contribution in [-0.2, 0) is 4.79 Å². The smallest absolute Gasteiger partial charge is 0.229 e. The lowest BCUT2D eigenvalue weighted by atomic mass is 10.1. The van der Waals surface area contributed by atoms with E-state index in [-0.39, 0.29) is 0 Å². The maximum Gasteiger partial charge on any atom is 0.229 e. The minimum absolute atomic E-state index is 0.490. The van der Waals surface area contributed by atoms with Crippen LogP contribution in [0.1, 0.15) is 5.56 Å². The molecule has 0 spiro atoms. The fourth-order valence-corrected chi connectivity index (χ4v) is 3.22. The van der Waals surface area contributed by atoms with E-state index in [4.69, 9.17) is 10.2 Å². The van der Waals surface area contributed by atoms with Gasteiger partial charge in [0.2, 0.25) is 12.4 Å². The van der Waals surface area contributed by atoms with Gasteiger partial charge in [-0.15, -0.1) is 0 Å². The van der Waals surface area contributed by atoms with Gasteiger partial charge in [-0.2, -0.15) is 10.2 Å². The monoisotopic (exact) mass is 384 g/mol. The topological polar surface area (TPSA) is 85.2 Å². The molecule has 1 fully saturated rings. The van der Waals surface area contributed by atoms with Crippen molar-refractivity contribution in [3.63, 3.8) is 0 Å². The Labute approximate surface area is 169 Å². The number of hydrogen-bond donors (Lipinski definition) is 1. The number of hydrogen-bond acceptors (Lipinski definition) is 6. The summed E-state index contributed by atoms with van der Waals surface area (Å²) in [6, 6.07) is 21.2. The molecule has 1 amide bonds. The molecule has 0 saturated carbocycles. The largest absolute Gasteiger partial charge is 0.353 e. The molecule has 144 valence electrons. The van der Waals surface area contributed by atoms with Crippen LogP contribution in [0.3, 0.4) is 0 Å². The number of rotatable bonds is 5. The van der Waals surface area contributed by atoms with E-state index in [0.29, 0.717) is 24.6 Å². The summed E-state index contributed by atoms with van der Waals surface area (Å²) < 4.78 is 0. The Hall–Kier alpha value is -3.92. The first kappa shape index (κ1) is 18.4. The number of nitrogens with one attached hydrogen (secondary N) is 1. The van der Waals surface area contributed by atoms with Crippen LogP contribution in [0, 0.1) is 11.3 Å². The van der Waals surface area contributed by atoms with Crippen LogP contribution >= 0.6 is 0 Å². The number of carbonyl (C=O) groups excluding carboxylic acids is 1. The number of aromatic nitrogens is 2. The van der Waals surface area contributed by atoms with E-state index < -0.39 is 0 Å². The van der Waals surface area contributed by atoms with Crippen LogP contribution in [0.2, 0.25) is 0 Å². The molecule has 0 radical (unpaired) electrons. The van der Waals surface area contributed by atoms with E-state index in [1.165, 1.54) is 0 Å². The maximum atomic E-state index is 11.0. The fraction of sp³-hybridized carbons (Fsp3) is 0.182. The predicted octanol–water partition coefficient (Wildman–Crippen LogP) is 3.04. The van der Waals surface area contributed by atoms with Crippen molar-refractivity contribution in [1.82, 2.24) is 14.9 Å². The Morgan fingerprint density at radius 3 is 2.34 bits per heavy atom. The first-order valence-corrected chi connectivity index (χ1v) is 9.41. The SMILES string of the molecule is N#Cc1ccc(Nc2nc(-c3ccccc3)cc(N3CCN(C=O)CC3)n2)cc1. The summed E-state index contributed by atoms with van der Waals surface area (Å²) in [7, 11) is 0. The van der Waals surface area contributed by atoms with Crippen molar-refractivity contribution >= 4 is 23.9 Å². The molecule has 0 aliphatic carbocycles. The van der Waals surface area contributed by atoms with Gasteiger partial charge in [0, 0.05) is 43.5 Å². The zero-order valence-electron chi connectivity index (χ0n) is 15.8. The highest BCUT2D eigenvalue weighted by Gasteiger charge is 2.18. The third-order valence-corrected chi connectivity index (χ3v) is 4.84. The van der Waals surface area contributed by atoms with Gasteiger partial charge >= 0.3 is 0 Å². The lowest BCUT2D eigenvalue weighted by molar-refractivity contribution is -0.118. The van der Waals surface area contributed by atoms with E-state index in [9.17, 15) is 4.79 Å². The molecule has 0 bridgehead atoms. The number of anilines is 3. The number of piperazine rings is 1. The summed E-state index contributed by atoms with van der Waals surface area (Å²) in [5.74, 6) is 1.31. The van der Waals surface area contributed by atoms with E-state index in [1.54, 1.807) is 17.0 Å². The van der Waals surface area contributed by atoms with E-state index in [1.807, 2.05) is 48.5 Å². The molecular weight excluding hydrogens is 364 g/mol. The fourth-order valence-electron chi connectivity index (χ4n) is 3.22. The summed E-state index contributed by atoms with van der Waals surface area (Å²) in [6.45, 7) is 2.79. The van der Waals surface area contributed by atoms with Gasteiger partial charge in [-0.05, 0) is 24.3 Å². The van der Waals surface area contributed by atoms with E-state index >= 15 is 0 Å². The number of nitriles is 1. The molecule has 1 aliphatic heterocycles. The van der Waals surface area contributed by atoms with Crippen LogP contribution < -0.4 is 10.2 Å². The Morgan fingerprint density at radius 2 is 1.69 bits per heavy atom. The second kappa shape index (κ2) is 8.40. The molecule has 29 heavy (non-hydrogen) atoms. The highest BCUT2D eigenvalue weighted by molar-refractivity contribution is 5.67. The van der Waals surface area contributed by atoms with Crippen LogP contribution in [0.5, 0.6) is 0 Å². The Bertz CT molecular complexity index is 1020. The Morgan fingerprint density at radius 1 is 0.966 bits per heavy atom. The van der Waals surface area contributed by atoms with Gasteiger partial charge in [0.25, 0.3) is 0 Å². The minimum Gasteiger partial charge on any atom is -0.353 e.